The molecule has 7 heteroatoms. The van der Waals surface area contributed by atoms with Crippen LogP contribution in [-0.2, 0) is 9.53 Å². The van der Waals surface area contributed by atoms with E-state index in [1.807, 2.05) is 0 Å². The van der Waals surface area contributed by atoms with Crippen LogP contribution in [0.5, 0.6) is 0 Å². The van der Waals surface area contributed by atoms with Gasteiger partial charge in [-0.2, -0.15) is 0 Å². The largest absolute Gasteiger partial charge is 0.397 e. The van der Waals surface area contributed by atoms with Crippen molar-refractivity contribution in [2.45, 2.75) is 13.0 Å². The van der Waals surface area contributed by atoms with E-state index < -0.39 is 11.9 Å². The molecule has 0 fully saturated rings. The highest BCUT2D eigenvalue weighted by Crippen LogP contribution is 2.06. The summed E-state index contributed by atoms with van der Waals surface area (Å²) < 4.78 is 4.81. The molecule has 19 heavy (non-hydrogen) atoms. The second-order valence-electron chi connectivity index (χ2n) is 3.92. The zero-order chi connectivity index (χ0) is 14.3. The van der Waals surface area contributed by atoms with Gasteiger partial charge in [0.2, 0.25) is 5.91 Å². The first-order valence-corrected chi connectivity index (χ1v) is 5.84. The van der Waals surface area contributed by atoms with Crippen molar-refractivity contribution >= 4 is 17.5 Å². The Bertz CT molecular complexity index is 450. The molecule has 0 aliphatic heterocycles. The molecule has 1 atom stereocenters. The Morgan fingerprint density at radius 2 is 2.26 bits per heavy atom. The number of methoxy groups -OCH3 is 1. The number of hydrogen-bond acceptors (Lipinski definition) is 5. The fourth-order valence-electron chi connectivity index (χ4n) is 1.37. The third-order valence-electron chi connectivity index (χ3n) is 2.40. The van der Waals surface area contributed by atoms with Crippen molar-refractivity contribution < 1.29 is 14.3 Å². The van der Waals surface area contributed by atoms with E-state index in [0.717, 1.165) is 0 Å². The van der Waals surface area contributed by atoms with Gasteiger partial charge in [-0.15, -0.1) is 0 Å². The summed E-state index contributed by atoms with van der Waals surface area (Å²) in [6.07, 6.45) is 1.47. The van der Waals surface area contributed by atoms with Gasteiger partial charge in [0.25, 0.3) is 5.91 Å². The number of carbonyl (C=O) groups is 2. The van der Waals surface area contributed by atoms with E-state index in [1.165, 1.54) is 6.20 Å². The average Bonchev–Trinajstić information content (AvgIpc) is 2.39. The molecule has 0 bridgehead atoms. The lowest BCUT2D eigenvalue weighted by Gasteiger charge is -2.14. The number of anilines is 1. The highest BCUT2D eigenvalue weighted by atomic mass is 16.5. The number of nitrogens with zero attached hydrogens (tertiary/aromatic N) is 1. The Morgan fingerprint density at radius 1 is 1.53 bits per heavy atom. The Balaban J connectivity index is 2.52. The normalized spacial score (nSPS) is 11.7. The van der Waals surface area contributed by atoms with Gasteiger partial charge in [0.1, 0.15) is 6.04 Å². The average molecular weight is 266 g/mol. The van der Waals surface area contributed by atoms with Crippen LogP contribution in [0.15, 0.2) is 18.3 Å². The molecule has 1 aromatic heterocycles. The topological polar surface area (TPSA) is 106 Å². The van der Waals surface area contributed by atoms with Crippen LogP contribution in [-0.4, -0.2) is 43.1 Å². The fourth-order valence-corrected chi connectivity index (χ4v) is 1.37. The molecule has 1 rings (SSSR count). The third kappa shape index (κ3) is 4.55. The number of pyridine rings is 1. The van der Waals surface area contributed by atoms with Crippen molar-refractivity contribution in [3.8, 4) is 0 Å². The van der Waals surface area contributed by atoms with Crippen LogP contribution >= 0.6 is 0 Å². The molecule has 1 heterocycles. The minimum atomic E-state index is -0.675. The predicted molar refractivity (Wildman–Crippen MR) is 70.5 cm³/mol. The van der Waals surface area contributed by atoms with Crippen molar-refractivity contribution in [1.29, 1.82) is 0 Å². The number of carbonyl (C=O) groups excluding carboxylic acids is 2. The van der Waals surface area contributed by atoms with Crippen LogP contribution in [0.2, 0.25) is 0 Å². The maximum atomic E-state index is 11.9. The molecule has 1 unspecified atom stereocenters. The molecule has 0 aliphatic carbocycles. The Hall–Kier alpha value is -2.15. The van der Waals surface area contributed by atoms with Gasteiger partial charge in [0.05, 0.1) is 12.3 Å². The number of nitrogen functional groups attached to an aromatic ring is 1. The van der Waals surface area contributed by atoms with E-state index in [4.69, 9.17) is 10.5 Å². The van der Waals surface area contributed by atoms with Gasteiger partial charge in [0, 0.05) is 19.9 Å². The molecule has 0 spiro atoms. The monoisotopic (exact) mass is 266 g/mol. The van der Waals surface area contributed by atoms with E-state index in [-0.39, 0.29) is 17.3 Å². The Kier molecular flexibility index (Phi) is 5.74. The van der Waals surface area contributed by atoms with Gasteiger partial charge < -0.3 is 21.1 Å². The number of ether oxygens (including phenoxy) is 1. The molecule has 0 saturated heterocycles. The Morgan fingerprint density at radius 3 is 2.89 bits per heavy atom. The fraction of sp³-hybridized carbons (Fsp3) is 0.417. The van der Waals surface area contributed by atoms with Gasteiger partial charge in [-0.1, -0.05) is 0 Å². The van der Waals surface area contributed by atoms with Gasteiger partial charge in [-0.05, 0) is 19.1 Å². The van der Waals surface area contributed by atoms with Crippen LogP contribution in [0.4, 0.5) is 5.69 Å². The second kappa shape index (κ2) is 7.32. The summed E-state index contributed by atoms with van der Waals surface area (Å²) in [7, 11) is 1.54. The lowest BCUT2D eigenvalue weighted by molar-refractivity contribution is -0.122. The summed E-state index contributed by atoms with van der Waals surface area (Å²) in [6, 6.07) is 2.53. The maximum Gasteiger partial charge on any atom is 0.272 e. The summed E-state index contributed by atoms with van der Waals surface area (Å²) in [5, 5.41) is 5.15. The van der Waals surface area contributed by atoms with Crippen molar-refractivity contribution in [3.63, 3.8) is 0 Å². The minimum absolute atomic E-state index is 0.110. The number of aromatic nitrogens is 1. The molecular weight excluding hydrogens is 248 g/mol. The summed E-state index contributed by atoms with van der Waals surface area (Å²) in [6.45, 7) is 2.39. The molecule has 7 nitrogen and oxygen atoms in total. The van der Waals surface area contributed by atoms with E-state index >= 15 is 0 Å². The molecule has 0 aromatic carbocycles. The van der Waals surface area contributed by atoms with Crippen molar-refractivity contribution in [2.24, 2.45) is 0 Å². The molecule has 1 aromatic rings. The molecule has 0 radical (unpaired) electrons. The van der Waals surface area contributed by atoms with E-state index in [0.29, 0.717) is 13.2 Å². The van der Waals surface area contributed by atoms with Gasteiger partial charge >= 0.3 is 0 Å². The van der Waals surface area contributed by atoms with Crippen LogP contribution in [0.1, 0.15) is 17.4 Å². The number of rotatable bonds is 6. The van der Waals surface area contributed by atoms with E-state index in [9.17, 15) is 9.59 Å². The number of nitrogens with one attached hydrogen (secondary N) is 2. The lowest BCUT2D eigenvalue weighted by atomic mass is 10.2. The summed E-state index contributed by atoms with van der Waals surface area (Å²) in [4.78, 5) is 27.4. The maximum absolute atomic E-state index is 11.9. The molecular formula is C12H18N4O3. The smallest absolute Gasteiger partial charge is 0.272 e. The van der Waals surface area contributed by atoms with Crippen molar-refractivity contribution in [3.05, 3.63) is 24.0 Å². The molecule has 104 valence electrons. The van der Waals surface area contributed by atoms with Gasteiger partial charge in [-0.3, -0.25) is 9.59 Å². The summed E-state index contributed by atoms with van der Waals surface area (Å²) in [5.74, 6) is -0.771. The molecule has 2 amide bonds. The van der Waals surface area contributed by atoms with Crippen molar-refractivity contribution in [2.75, 3.05) is 26.0 Å². The summed E-state index contributed by atoms with van der Waals surface area (Å²) in [5.41, 5.74) is 6.01. The first-order valence-electron chi connectivity index (χ1n) is 5.84. The molecule has 0 saturated carbocycles. The third-order valence-corrected chi connectivity index (χ3v) is 2.40. The molecule has 0 aliphatic rings. The second-order valence-corrected chi connectivity index (χ2v) is 3.92. The van der Waals surface area contributed by atoms with Crippen LogP contribution in [0, 0.1) is 0 Å². The molecule has 4 N–H and O–H groups in total. The minimum Gasteiger partial charge on any atom is -0.397 e. The van der Waals surface area contributed by atoms with Crippen LogP contribution < -0.4 is 16.4 Å². The lowest BCUT2D eigenvalue weighted by Crippen LogP contribution is -2.45. The van der Waals surface area contributed by atoms with E-state index in [2.05, 4.69) is 15.6 Å². The van der Waals surface area contributed by atoms with Crippen LogP contribution in [0.3, 0.4) is 0 Å². The zero-order valence-electron chi connectivity index (χ0n) is 11.0. The first-order chi connectivity index (χ1) is 9.06. The standard InChI is InChI=1S/C12H18N4O3/c1-8(11(17)15-6-7-19-2)16-12(18)10-9(13)4-3-5-14-10/h3-5,8H,6-7,13H2,1-2H3,(H,15,17)(H,16,18). The number of hydrogen-bond donors (Lipinski definition) is 3. The quantitative estimate of drug-likeness (QED) is 0.604. The predicted octanol–water partition coefficient (Wildman–Crippen LogP) is -0.455. The SMILES string of the molecule is COCCNC(=O)C(C)NC(=O)c1ncccc1N. The van der Waals surface area contributed by atoms with Crippen LogP contribution in [0.25, 0.3) is 0 Å². The zero-order valence-corrected chi connectivity index (χ0v) is 11.0. The Labute approximate surface area is 111 Å². The number of amides is 2. The highest BCUT2D eigenvalue weighted by molar-refractivity contribution is 5.99. The number of nitrogens with two attached hydrogens (primary N) is 1. The van der Waals surface area contributed by atoms with Crippen molar-refractivity contribution in [1.82, 2.24) is 15.6 Å². The van der Waals surface area contributed by atoms with E-state index in [1.54, 1.807) is 26.2 Å². The van der Waals surface area contributed by atoms with Gasteiger partial charge in [-0.25, -0.2) is 4.98 Å². The summed E-state index contributed by atoms with van der Waals surface area (Å²) >= 11 is 0. The highest BCUT2D eigenvalue weighted by Gasteiger charge is 2.18. The van der Waals surface area contributed by atoms with Gasteiger partial charge in [0.15, 0.2) is 5.69 Å². The first kappa shape index (κ1) is 14.9.